The average molecular weight is 387 g/mol. The van der Waals surface area contributed by atoms with Gasteiger partial charge in [0.15, 0.2) is 5.78 Å². The molecule has 1 aliphatic heterocycles. The van der Waals surface area contributed by atoms with E-state index in [2.05, 4.69) is 4.90 Å². The van der Waals surface area contributed by atoms with Crippen molar-refractivity contribution in [3.63, 3.8) is 0 Å². The summed E-state index contributed by atoms with van der Waals surface area (Å²) >= 11 is 0. The van der Waals surface area contributed by atoms with Gasteiger partial charge in [-0.15, -0.1) is 0 Å². The van der Waals surface area contributed by atoms with Gasteiger partial charge in [-0.05, 0) is 51.0 Å². The van der Waals surface area contributed by atoms with Crippen molar-refractivity contribution in [2.45, 2.75) is 45.4 Å². The van der Waals surface area contributed by atoms with E-state index in [4.69, 9.17) is 13.9 Å². The van der Waals surface area contributed by atoms with E-state index in [0.29, 0.717) is 24.4 Å². The first kappa shape index (κ1) is 20.6. The van der Waals surface area contributed by atoms with Crippen LogP contribution in [0.4, 0.5) is 0 Å². The van der Waals surface area contributed by atoms with Crippen LogP contribution in [0, 0.1) is 6.92 Å². The lowest BCUT2D eigenvalue weighted by Gasteiger charge is -2.26. The molecule has 2 heterocycles. The topological polar surface area (TPSA) is 72.1 Å². The maximum absolute atomic E-state index is 11.7. The van der Waals surface area contributed by atoms with Crippen LogP contribution in [0.5, 0.6) is 5.75 Å². The number of carbonyl (C=O) groups is 1. The maximum atomic E-state index is 11.7. The molecule has 0 saturated carbocycles. The Labute approximate surface area is 166 Å². The van der Waals surface area contributed by atoms with Crippen LogP contribution in [0.15, 0.2) is 40.8 Å². The molecular weight excluding hydrogens is 358 g/mol. The number of ether oxygens (including phenoxy) is 2. The molecule has 3 rings (SSSR count). The lowest BCUT2D eigenvalue weighted by atomic mass is 10.1. The lowest BCUT2D eigenvalue weighted by Crippen LogP contribution is -2.39. The number of hydrogen-bond acceptors (Lipinski definition) is 6. The number of aliphatic hydroxyl groups excluding tert-OH is 1. The average Bonchev–Trinajstić information content (AvgIpc) is 3.32. The third-order valence-corrected chi connectivity index (χ3v) is 4.83. The van der Waals surface area contributed by atoms with Gasteiger partial charge in [-0.25, -0.2) is 0 Å². The number of benzene rings is 1. The van der Waals surface area contributed by atoms with Crippen molar-refractivity contribution in [1.29, 1.82) is 0 Å². The van der Waals surface area contributed by atoms with E-state index < -0.39 is 6.10 Å². The van der Waals surface area contributed by atoms with Gasteiger partial charge in [0.2, 0.25) is 0 Å². The first-order valence-electron chi connectivity index (χ1n) is 9.81. The zero-order valence-corrected chi connectivity index (χ0v) is 16.6. The zero-order valence-electron chi connectivity index (χ0n) is 16.6. The normalized spacial score (nSPS) is 17.8. The van der Waals surface area contributed by atoms with Crippen molar-refractivity contribution >= 4 is 5.78 Å². The minimum Gasteiger partial charge on any atom is -0.490 e. The molecule has 1 N–H and O–H groups in total. The molecule has 1 aliphatic rings. The van der Waals surface area contributed by atoms with Crippen LogP contribution in [0.3, 0.4) is 0 Å². The third-order valence-electron chi connectivity index (χ3n) is 4.83. The van der Waals surface area contributed by atoms with Crippen LogP contribution in [-0.2, 0) is 11.3 Å². The molecule has 6 nitrogen and oxygen atoms in total. The number of carbonyl (C=O) groups excluding carboxylic acids is 1. The molecule has 2 aromatic rings. The van der Waals surface area contributed by atoms with Gasteiger partial charge in [-0.1, -0.05) is 12.1 Å². The minimum atomic E-state index is -0.697. The van der Waals surface area contributed by atoms with Crippen LogP contribution < -0.4 is 4.74 Å². The van der Waals surface area contributed by atoms with E-state index in [1.54, 1.807) is 18.2 Å². The molecule has 1 saturated heterocycles. The highest BCUT2D eigenvalue weighted by molar-refractivity contribution is 5.96. The van der Waals surface area contributed by atoms with Crippen molar-refractivity contribution in [3.8, 4) is 5.75 Å². The Morgan fingerprint density at radius 3 is 2.82 bits per heavy atom. The lowest BCUT2D eigenvalue weighted by molar-refractivity contribution is 0.0288. The van der Waals surface area contributed by atoms with E-state index in [0.717, 1.165) is 37.5 Å². The van der Waals surface area contributed by atoms with Gasteiger partial charge >= 0.3 is 0 Å². The van der Waals surface area contributed by atoms with Crippen LogP contribution in [-0.4, -0.2) is 54.3 Å². The molecule has 0 amide bonds. The Kier molecular flexibility index (Phi) is 7.25. The molecule has 1 fully saturated rings. The zero-order chi connectivity index (χ0) is 19.9. The number of para-hydroxylation sites is 1. The molecule has 2 atom stereocenters. The second-order valence-electron chi connectivity index (χ2n) is 7.36. The summed E-state index contributed by atoms with van der Waals surface area (Å²) in [6, 6.07) is 11.0. The molecule has 28 heavy (non-hydrogen) atoms. The predicted molar refractivity (Wildman–Crippen MR) is 106 cm³/mol. The van der Waals surface area contributed by atoms with Gasteiger partial charge in [0.1, 0.15) is 30.0 Å². The Morgan fingerprint density at radius 2 is 2.14 bits per heavy atom. The van der Waals surface area contributed by atoms with Crippen LogP contribution in [0.2, 0.25) is 0 Å². The predicted octanol–water partition coefficient (Wildman–Crippen LogP) is 3.21. The summed E-state index contributed by atoms with van der Waals surface area (Å²) in [7, 11) is 0. The molecule has 2 unspecified atom stereocenters. The molecular formula is C22H29NO5. The van der Waals surface area contributed by atoms with Crippen molar-refractivity contribution in [2.75, 3.05) is 26.3 Å². The maximum Gasteiger partial charge on any atom is 0.163 e. The summed E-state index contributed by atoms with van der Waals surface area (Å²) in [6.07, 6.45) is 1.60. The van der Waals surface area contributed by atoms with Crippen LogP contribution in [0.25, 0.3) is 0 Å². The Hall–Kier alpha value is -2.15. The first-order chi connectivity index (χ1) is 13.5. The second-order valence-corrected chi connectivity index (χ2v) is 7.36. The number of hydrogen-bond donors (Lipinski definition) is 1. The van der Waals surface area contributed by atoms with Crippen LogP contribution in [0.1, 0.15) is 41.6 Å². The fourth-order valence-corrected chi connectivity index (χ4v) is 3.49. The van der Waals surface area contributed by atoms with E-state index in [1.165, 1.54) is 6.92 Å². The van der Waals surface area contributed by atoms with Crippen molar-refractivity contribution in [2.24, 2.45) is 0 Å². The fraction of sp³-hybridized carbons (Fsp3) is 0.500. The van der Waals surface area contributed by atoms with Gasteiger partial charge in [-0.2, -0.15) is 0 Å². The first-order valence-corrected chi connectivity index (χ1v) is 9.81. The summed E-state index contributed by atoms with van der Waals surface area (Å²) in [5.41, 5.74) is 0.525. The van der Waals surface area contributed by atoms with Gasteiger partial charge in [0.25, 0.3) is 0 Å². The number of aryl methyl sites for hydroxylation is 1. The number of ketones is 1. The fourth-order valence-electron chi connectivity index (χ4n) is 3.49. The van der Waals surface area contributed by atoms with E-state index in [9.17, 15) is 9.90 Å². The highest BCUT2D eigenvalue weighted by Crippen LogP contribution is 2.19. The quantitative estimate of drug-likeness (QED) is 0.631. The molecule has 0 bridgehead atoms. The monoisotopic (exact) mass is 387 g/mol. The van der Waals surface area contributed by atoms with Crippen molar-refractivity contribution in [1.82, 2.24) is 4.90 Å². The minimum absolute atomic E-state index is 0.0571. The number of Topliss-reactive ketones (excluding diaryl/α,β-unsaturated/α-hetero) is 1. The number of furan rings is 1. The third kappa shape index (κ3) is 5.92. The Balaban J connectivity index is 1.58. The number of rotatable bonds is 10. The highest BCUT2D eigenvalue weighted by Gasteiger charge is 2.22. The number of nitrogens with zero attached hydrogens (tertiary/aromatic N) is 1. The molecule has 1 aromatic heterocycles. The van der Waals surface area contributed by atoms with Gasteiger partial charge in [0, 0.05) is 19.7 Å². The molecule has 0 spiro atoms. The van der Waals surface area contributed by atoms with Crippen molar-refractivity contribution in [3.05, 3.63) is 53.5 Å². The summed E-state index contributed by atoms with van der Waals surface area (Å²) in [5, 5.41) is 10.5. The summed E-state index contributed by atoms with van der Waals surface area (Å²) in [4.78, 5) is 13.9. The van der Waals surface area contributed by atoms with Gasteiger partial charge < -0.3 is 19.0 Å². The Bertz CT molecular complexity index is 766. The highest BCUT2D eigenvalue weighted by atomic mass is 16.5. The van der Waals surface area contributed by atoms with E-state index in [1.807, 2.05) is 25.1 Å². The second kappa shape index (κ2) is 9.87. The SMILES string of the molecule is CC(=O)c1ccccc1OCC(O)CN(Cc1ccc(C)o1)CC1CCCO1. The molecule has 1 aromatic carbocycles. The van der Waals surface area contributed by atoms with E-state index >= 15 is 0 Å². The molecule has 0 radical (unpaired) electrons. The van der Waals surface area contributed by atoms with Crippen LogP contribution >= 0.6 is 0 Å². The standard InChI is InChI=1S/C22H29NO5/c1-16-9-10-20(28-16)14-23(13-19-6-5-11-26-19)12-18(25)15-27-22-8-4-3-7-21(22)17(2)24/h3-4,7-10,18-19,25H,5-6,11-15H2,1-2H3. The molecule has 6 heteroatoms. The summed E-state index contributed by atoms with van der Waals surface area (Å²) in [5.74, 6) is 2.18. The van der Waals surface area contributed by atoms with Gasteiger partial charge in [-0.3, -0.25) is 9.69 Å². The summed E-state index contributed by atoms with van der Waals surface area (Å²) < 4.78 is 17.2. The smallest absolute Gasteiger partial charge is 0.163 e. The molecule has 152 valence electrons. The van der Waals surface area contributed by atoms with Crippen molar-refractivity contribution < 1.29 is 23.8 Å². The number of aliphatic hydroxyl groups is 1. The Morgan fingerprint density at radius 1 is 1.32 bits per heavy atom. The van der Waals surface area contributed by atoms with Gasteiger partial charge in [0.05, 0.1) is 18.2 Å². The summed E-state index contributed by atoms with van der Waals surface area (Å²) in [6.45, 7) is 6.11. The molecule has 0 aliphatic carbocycles. The largest absolute Gasteiger partial charge is 0.490 e. The van der Waals surface area contributed by atoms with E-state index in [-0.39, 0.29) is 18.5 Å².